The number of rotatable bonds is 6. The summed E-state index contributed by atoms with van der Waals surface area (Å²) in [6.45, 7) is 2.28. The van der Waals surface area contributed by atoms with E-state index in [4.69, 9.17) is 0 Å². The van der Waals surface area contributed by atoms with Crippen LogP contribution in [-0.4, -0.2) is 28.4 Å². The normalized spacial score (nSPS) is 25.2. The van der Waals surface area contributed by atoms with E-state index in [-0.39, 0.29) is 17.7 Å². The molecular weight excluding hydrogens is 356 g/mol. The summed E-state index contributed by atoms with van der Waals surface area (Å²) < 4.78 is 0. The van der Waals surface area contributed by atoms with E-state index in [9.17, 15) is 19.5 Å². The van der Waals surface area contributed by atoms with Gasteiger partial charge in [0.1, 0.15) is 0 Å². The molecule has 6 nitrogen and oxygen atoms in total. The highest BCUT2D eigenvalue weighted by atomic mass is 16.4. The Labute approximate surface area is 166 Å². The molecule has 3 rings (SSSR count). The summed E-state index contributed by atoms with van der Waals surface area (Å²) in [7, 11) is 0. The Kier molecular flexibility index (Phi) is 6.37. The summed E-state index contributed by atoms with van der Waals surface area (Å²) in [4.78, 5) is 36.3. The van der Waals surface area contributed by atoms with Gasteiger partial charge in [-0.15, -0.1) is 0 Å². The summed E-state index contributed by atoms with van der Waals surface area (Å²) in [5, 5.41) is 15.4. The van der Waals surface area contributed by atoms with Crippen LogP contribution in [0, 0.1) is 11.8 Å². The molecule has 2 atom stereocenters. The molecule has 0 aliphatic heterocycles. The lowest BCUT2D eigenvalue weighted by molar-refractivity contribution is -0.145. The highest BCUT2D eigenvalue weighted by Crippen LogP contribution is 2.34. The average molecular weight is 386 g/mol. The van der Waals surface area contributed by atoms with Crippen LogP contribution in [0.5, 0.6) is 0 Å². The molecule has 2 fully saturated rings. The average Bonchev–Trinajstić information content (AvgIpc) is 3.21. The monoisotopic (exact) mass is 386 g/mol. The van der Waals surface area contributed by atoms with Gasteiger partial charge in [0.2, 0.25) is 5.91 Å². The maximum absolute atomic E-state index is 12.7. The Morgan fingerprint density at radius 2 is 1.68 bits per heavy atom. The fourth-order valence-corrected chi connectivity index (χ4v) is 4.51. The van der Waals surface area contributed by atoms with Gasteiger partial charge in [0.15, 0.2) is 0 Å². The summed E-state index contributed by atoms with van der Waals surface area (Å²) >= 11 is 0. The van der Waals surface area contributed by atoms with Crippen molar-refractivity contribution in [2.45, 2.75) is 70.4 Å². The molecule has 0 saturated heterocycles. The Morgan fingerprint density at radius 1 is 1.04 bits per heavy atom. The molecule has 6 heteroatoms. The van der Waals surface area contributed by atoms with Crippen LogP contribution in [-0.2, 0) is 16.1 Å². The second-order valence-electron chi connectivity index (χ2n) is 8.40. The van der Waals surface area contributed by atoms with Crippen LogP contribution >= 0.6 is 0 Å². The predicted molar refractivity (Wildman–Crippen MR) is 106 cm³/mol. The maximum atomic E-state index is 12.7. The molecule has 3 N–H and O–H groups in total. The first-order valence-electron chi connectivity index (χ1n) is 10.3. The smallest absolute Gasteiger partial charge is 0.308 e. The third-order valence-electron chi connectivity index (χ3n) is 6.31. The van der Waals surface area contributed by atoms with Crippen LogP contribution in [0.2, 0.25) is 0 Å². The molecule has 2 aliphatic carbocycles. The van der Waals surface area contributed by atoms with E-state index in [2.05, 4.69) is 10.6 Å². The fraction of sp³-hybridized carbons (Fsp3) is 0.591. The Bertz CT molecular complexity index is 725. The van der Waals surface area contributed by atoms with Crippen molar-refractivity contribution in [2.75, 3.05) is 0 Å². The van der Waals surface area contributed by atoms with E-state index in [0.29, 0.717) is 24.9 Å². The number of carboxylic acid groups (broad SMARTS) is 1. The minimum Gasteiger partial charge on any atom is -0.481 e. The fourth-order valence-electron chi connectivity index (χ4n) is 4.51. The van der Waals surface area contributed by atoms with E-state index in [1.54, 1.807) is 12.1 Å². The van der Waals surface area contributed by atoms with Crippen molar-refractivity contribution in [3.63, 3.8) is 0 Å². The lowest BCUT2D eigenvalue weighted by atomic mass is 9.73. The number of benzene rings is 1. The van der Waals surface area contributed by atoms with Crippen molar-refractivity contribution in [3.8, 4) is 0 Å². The van der Waals surface area contributed by atoms with E-state index in [1.807, 2.05) is 19.1 Å². The van der Waals surface area contributed by atoms with Gasteiger partial charge < -0.3 is 15.7 Å². The van der Waals surface area contributed by atoms with Crippen LogP contribution in [0.3, 0.4) is 0 Å². The number of hydrogen-bond donors (Lipinski definition) is 3. The SMILES string of the molecule is CC1(NC(=O)c2ccc(CNC(=O)C3CCCC3)cc2)CCCCC1C(=O)O. The number of aliphatic carboxylic acids is 1. The first-order valence-corrected chi connectivity index (χ1v) is 10.3. The standard InChI is InChI=1S/C22H30N2O4/c1-22(13-5-4-8-18(22)21(27)28)24-20(26)17-11-9-15(10-12-17)14-23-19(25)16-6-2-3-7-16/h9-12,16,18H,2-8,13-14H2,1H3,(H,23,25)(H,24,26)(H,27,28). The molecule has 1 aromatic rings. The van der Waals surface area contributed by atoms with Crippen molar-refractivity contribution >= 4 is 17.8 Å². The first-order chi connectivity index (χ1) is 13.4. The molecule has 2 unspecified atom stereocenters. The molecule has 0 aromatic heterocycles. The lowest BCUT2D eigenvalue weighted by Gasteiger charge is -2.39. The van der Waals surface area contributed by atoms with Crippen molar-refractivity contribution in [1.82, 2.24) is 10.6 Å². The minimum atomic E-state index is -0.851. The molecule has 2 aliphatic rings. The molecular formula is C22H30N2O4. The molecule has 152 valence electrons. The number of amides is 2. The molecule has 0 heterocycles. The number of hydrogen-bond acceptors (Lipinski definition) is 3. The van der Waals surface area contributed by atoms with Gasteiger partial charge in [0, 0.05) is 18.0 Å². The quantitative estimate of drug-likeness (QED) is 0.699. The highest BCUT2D eigenvalue weighted by molar-refractivity contribution is 5.95. The van der Waals surface area contributed by atoms with Crippen molar-refractivity contribution in [1.29, 1.82) is 0 Å². The summed E-state index contributed by atoms with van der Waals surface area (Å²) in [6, 6.07) is 7.13. The van der Waals surface area contributed by atoms with Gasteiger partial charge in [-0.3, -0.25) is 14.4 Å². The van der Waals surface area contributed by atoms with Gasteiger partial charge >= 0.3 is 5.97 Å². The highest BCUT2D eigenvalue weighted by Gasteiger charge is 2.42. The van der Waals surface area contributed by atoms with Gasteiger partial charge in [-0.05, 0) is 50.3 Å². The van der Waals surface area contributed by atoms with Crippen LogP contribution < -0.4 is 10.6 Å². The minimum absolute atomic E-state index is 0.115. The van der Waals surface area contributed by atoms with Gasteiger partial charge in [-0.2, -0.15) is 0 Å². The molecule has 0 spiro atoms. The zero-order valence-electron chi connectivity index (χ0n) is 16.5. The maximum Gasteiger partial charge on any atom is 0.308 e. The zero-order chi connectivity index (χ0) is 20.1. The Hall–Kier alpha value is -2.37. The predicted octanol–water partition coefficient (Wildman–Crippen LogP) is 3.26. The summed E-state index contributed by atoms with van der Waals surface area (Å²) in [6.07, 6.45) is 7.26. The number of nitrogens with one attached hydrogen (secondary N) is 2. The summed E-state index contributed by atoms with van der Waals surface area (Å²) in [5.74, 6) is -1.41. The van der Waals surface area contributed by atoms with E-state index in [1.165, 1.54) is 0 Å². The third kappa shape index (κ3) is 4.72. The lowest BCUT2D eigenvalue weighted by Crippen LogP contribution is -2.55. The van der Waals surface area contributed by atoms with Gasteiger partial charge in [-0.1, -0.05) is 37.8 Å². The van der Waals surface area contributed by atoms with E-state index >= 15 is 0 Å². The van der Waals surface area contributed by atoms with E-state index < -0.39 is 17.4 Å². The van der Waals surface area contributed by atoms with Crippen molar-refractivity contribution in [2.24, 2.45) is 11.8 Å². The molecule has 28 heavy (non-hydrogen) atoms. The topological polar surface area (TPSA) is 95.5 Å². The Balaban J connectivity index is 1.57. The largest absolute Gasteiger partial charge is 0.481 e. The number of carbonyl (C=O) groups is 3. The zero-order valence-corrected chi connectivity index (χ0v) is 16.5. The molecule has 2 amide bonds. The number of carbonyl (C=O) groups excluding carboxylic acids is 2. The van der Waals surface area contributed by atoms with Gasteiger partial charge in [-0.25, -0.2) is 0 Å². The van der Waals surface area contributed by atoms with Crippen LogP contribution in [0.4, 0.5) is 0 Å². The van der Waals surface area contributed by atoms with Gasteiger partial charge in [0.05, 0.1) is 11.5 Å². The van der Waals surface area contributed by atoms with Crippen molar-refractivity contribution < 1.29 is 19.5 Å². The Morgan fingerprint density at radius 3 is 2.32 bits per heavy atom. The molecule has 1 aromatic carbocycles. The van der Waals surface area contributed by atoms with Crippen molar-refractivity contribution in [3.05, 3.63) is 35.4 Å². The molecule has 0 bridgehead atoms. The van der Waals surface area contributed by atoms with Gasteiger partial charge in [0.25, 0.3) is 5.91 Å². The van der Waals surface area contributed by atoms with Crippen LogP contribution in [0.1, 0.15) is 74.2 Å². The summed E-state index contributed by atoms with van der Waals surface area (Å²) in [5.41, 5.74) is 0.715. The number of carboxylic acids is 1. The van der Waals surface area contributed by atoms with Crippen LogP contribution in [0.15, 0.2) is 24.3 Å². The van der Waals surface area contributed by atoms with E-state index in [0.717, 1.165) is 44.1 Å². The second-order valence-corrected chi connectivity index (χ2v) is 8.40. The molecule has 0 radical (unpaired) electrons. The van der Waals surface area contributed by atoms with Crippen LogP contribution in [0.25, 0.3) is 0 Å². The molecule has 2 saturated carbocycles. The first kappa shape index (κ1) is 20.4. The second kappa shape index (κ2) is 8.76. The third-order valence-corrected chi connectivity index (χ3v) is 6.31.